The molecule has 5 rings (SSSR count). The van der Waals surface area contributed by atoms with Gasteiger partial charge in [-0.25, -0.2) is 0 Å². The molecule has 0 aliphatic carbocycles. The van der Waals surface area contributed by atoms with E-state index in [9.17, 15) is 5.41 Å². The molecule has 0 aliphatic heterocycles. The fraction of sp³-hybridized carbons (Fsp3) is 0.0357. The Labute approximate surface area is 194 Å². The summed E-state index contributed by atoms with van der Waals surface area (Å²) in [4.78, 5) is 3.97. The van der Waals surface area contributed by atoms with Crippen LogP contribution < -0.4 is 9.80 Å². The smallest absolute Gasteiger partial charge is 0.207 e. The molecule has 0 aliphatic rings. The third kappa shape index (κ3) is 3.79. The molecule has 0 saturated carbocycles. The van der Waals surface area contributed by atoms with E-state index < -0.39 is 0 Å². The highest BCUT2D eigenvalue weighted by Crippen LogP contribution is 2.34. The fourth-order valence-electron chi connectivity index (χ4n) is 4.12. The van der Waals surface area contributed by atoms with Crippen LogP contribution in [0.4, 0.5) is 17.1 Å². The minimum Gasteiger partial charge on any atom is -0.315 e. The molecule has 5 aromatic rings. The zero-order chi connectivity index (χ0) is 21.2. The summed E-state index contributed by atoms with van der Waals surface area (Å²) in [6, 6.07) is 39.2. The molecule has 5 aromatic carbocycles. The maximum atomic E-state index is 9.27. The molecule has 0 heterocycles. The number of rotatable bonds is 3. The lowest BCUT2D eigenvalue weighted by atomic mass is 10.1. The number of hydrogen-bond acceptors (Lipinski definition) is 1. The first-order valence-corrected chi connectivity index (χ1v) is 10.4. The lowest BCUT2D eigenvalue weighted by molar-refractivity contribution is 1.16. The zero-order valence-corrected chi connectivity index (χ0v) is 18.6. The highest BCUT2D eigenvalue weighted by Gasteiger charge is 2.22. The summed E-state index contributed by atoms with van der Waals surface area (Å²) in [6.45, 7) is 0. The number of benzene rings is 5. The second-order valence-corrected chi connectivity index (χ2v) is 7.55. The van der Waals surface area contributed by atoms with E-state index in [2.05, 4.69) is 54.6 Å². The predicted molar refractivity (Wildman–Crippen MR) is 140 cm³/mol. The van der Waals surface area contributed by atoms with Crippen molar-refractivity contribution >= 4 is 57.0 Å². The average Bonchev–Trinajstić information content (AvgIpc) is 2.84. The minimum atomic E-state index is 0. The summed E-state index contributed by atoms with van der Waals surface area (Å²) in [5.74, 6) is 0.388. The SMILES string of the molecule is CN(C(=N)N(c1ccccc1)c1cccc2ccccc12)c1cccc2ccccc12.Cl. The summed E-state index contributed by atoms with van der Waals surface area (Å²) in [6.07, 6.45) is 0. The van der Waals surface area contributed by atoms with Gasteiger partial charge in [-0.3, -0.25) is 10.3 Å². The van der Waals surface area contributed by atoms with Crippen LogP contribution in [0.5, 0.6) is 0 Å². The molecule has 0 spiro atoms. The van der Waals surface area contributed by atoms with Crippen LogP contribution in [0.1, 0.15) is 0 Å². The monoisotopic (exact) mass is 437 g/mol. The molecule has 0 atom stereocenters. The first kappa shape index (κ1) is 21.4. The number of fused-ring (bicyclic) bond motifs is 2. The number of para-hydroxylation sites is 1. The molecule has 0 radical (unpaired) electrons. The number of nitrogens with zero attached hydrogens (tertiary/aromatic N) is 2. The van der Waals surface area contributed by atoms with Gasteiger partial charge in [0.2, 0.25) is 5.96 Å². The molecule has 0 amide bonds. The van der Waals surface area contributed by atoms with E-state index in [0.717, 1.165) is 38.6 Å². The molecule has 0 fully saturated rings. The van der Waals surface area contributed by atoms with E-state index in [1.807, 2.05) is 77.5 Å². The van der Waals surface area contributed by atoms with Crippen LogP contribution in [0.2, 0.25) is 0 Å². The molecular weight excluding hydrogens is 414 g/mol. The Morgan fingerprint density at radius 1 is 0.562 bits per heavy atom. The third-order valence-electron chi connectivity index (χ3n) is 5.68. The molecule has 4 heteroatoms. The Hall–Kier alpha value is -3.82. The fourth-order valence-corrected chi connectivity index (χ4v) is 4.12. The van der Waals surface area contributed by atoms with Gasteiger partial charge >= 0.3 is 0 Å². The van der Waals surface area contributed by atoms with Crippen LogP contribution in [-0.2, 0) is 0 Å². The van der Waals surface area contributed by atoms with Crippen LogP contribution in [0, 0.1) is 5.41 Å². The van der Waals surface area contributed by atoms with Crippen molar-refractivity contribution in [2.75, 3.05) is 16.8 Å². The Balaban J connectivity index is 0.00000245. The second-order valence-electron chi connectivity index (χ2n) is 7.55. The van der Waals surface area contributed by atoms with E-state index in [-0.39, 0.29) is 12.4 Å². The Morgan fingerprint density at radius 3 is 1.66 bits per heavy atom. The summed E-state index contributed by atoms with van der Waals surface area (Å²) in [5.41, 5.74) is 2.95. The molecule has 0 saturated heterocycles. The van der Waals surface area contributed by atoms with Crippen molar-refractivity contribution in [3.05, 3.63) is 115 Å². The largest absolute Gasteiger partial charge is 0.315 e. The molecule has 1 N–H and O–H groups in total. The number of hydrogen-bond donors (Lipinski definition) is 1. The van der Waals surface area contributed by atoms with Gasteiger partial charge in [-0.2, -0.15) is 0 Å². The summed E-state index contributed by atoms with van der Waals surface area (Å²) < 4.78 is 0. The van der Waals surface area contributed by atoms with Crippen molar-refractivity contribution in [1.82, 2.24) is 0 Å². The quantitative estimate of drug-likeness (QED) is 0.232. The second kappa shape index (κ2) is 9.13. The van der Waals surface area contributed by atoms with Gasteiger partial charge in [-0.15, -0.1) is 12.4 Å². The van der Waals surface area contributed by atoms with Gasteiger partial charge in [0.25, 0.3) is 0 Å². The van der Waals surface area contributed by atoms with E-state index in [1.54, 1.807) is 0 Å². The van der Waals surface area contributed by atoms with Gasteiger partial charge in [-0.1, -0.05) is 91.0 Å². The van der Waals surface area contributed by atoms with E-state index in [4.69, 9.17) is 0 Å². The molecule has 0 unspecified atom stereocenters. The van der Waals surface area contributed by atoms with Crippen LogP contribution >= 0.6 is 12.4 Å². The van der Waals surface area contributed by atoms with Crippen molar-refractivity contribution in [1.29, 1.82) is 5.41 Å². The predicted octanol–water partition coefficient (Wildman–Crippen LogP) is 7.62. The topological polar surface area (TPSA) is 30.3 Å². The van der Waals surface area contributed by atoms with Crippen molar-refractivity contribution in [3.8, 4) is 0 Å². The molecule has 158 valence electrons. The summed E-state index contributed by atoms with van der Waals surface area (Å²) in [5, 5.41) is 13.8. The van der Waals surface area contributed by atoms with Crippen LogP contribution in [0.15, 0.2) is 115 Å². The van der Waals surface area contributed by atoms with Gasteiger partial charge in [0.05, 0.1) is 11.4 Å². The lowest BCUT2D eigenvalue weighted by Gasteiger charge is -2.32. The maximum absolute atomic E-state index is 9.27. The Bertz CT molecular complexity index is 1370. The summed E-state index contributed by atoms with van der Waals surface area (Å²) in [7, 11) is 1.96. The minimum absolute atomic E-state index is 0. The van der Waals surface area contributed by atoms with Crippen LogP contribution in [0.3, 0.4) is 0 Å². The molecule has 0 bridgehead atoms. The number of nitrogens with one attached hydrogen (secondary N) is 1. The highest BCUT2D eigenvalue weighted by atomic mass is 35.5. The molecule has 32 heavy (non-hydrogen) atoms. The van der Waals surface area contributed by atoms with Crippen LogP contribution in [-0.4, -0.2) is 13.0 Å². The number of anilines is 3. The third-order valence-corrected chi connectivity index (χ3v) is 5.68. The van der Waals surface area contributed by atoms with E-state index >= 15 is 0 Å². The molecule has 0 aromatic heterocycles. The van der Waals surface area contributed by atoms with Gasteiger partial charge < -0.3 is 4.90 Å². The Morgan fingerprint density at radius 2 is 1.03 bits per heavy atom. The van der Waals surface area contributed by atoms with Gasteiger partial charge in [-0.05, 0) is 35.0 Å². The highest BCUT2D eigenvalue weighted by molar-refractivity contribution is 6.16. The van der Waals surface area contributed by atoms with Gasteiger partial charge in [0.1, 0.15) is 0 Å². The standard InChI is InChI=1S/C28H23N3.ClH/c1-30(26-19-9-13-21-11-5-7-17-24(21)26)28(29)31(23-15-3-2-4-16-23)27-20-10-14-22-12-6-8-18-25(22)27;/h2-20,29H,1H3;1H. The van der Waals surface area contributed by atoms with Crippen molar-refractivity contribution in [2.45, 2.75) is 0 Å². The number of halogens is 1. The van der Waals surface area contributed by atoms with Crippen molar-refractivity contribution in [3.63, 3.8) is 0 Å². The normalized spacial score (nSPS) is 10.5. The molecule has 3 nitrogen and oxygen atoms in total. The Kier molecular flexibility index (Phi) is 6.11. The average molecular weight is 438 g/mol. The summed E-state index contributed by atoms with van der Waals surface area (Å²) >= 11 is 0. The van der Waals surface area contributed by atoms with Crippen molar-refractivity contribution < 1.29 is 0 Å². The van der Waals surface area contributed by atoms with Gasteiger partial charge in [0.15, 0.2) is 0 Å². The first-order valence-electron chi connectivity index (χ1n) is 10.4. The zero-order valence-electron chi connectivity index (χ0n) is 17.8. The van der Waals surface area contributed by atoms with E-state index in [1.165, 1.54) is 0 Å². The number of guanidine groups is 1. The first-order chi connectivity index (χ1) is 15.2. The maximum Gasteiger partial charge on any atom is 0.207 e. The molecular formula is C28H24ClN3. The lowest BCUT2D eigenvalue weighted by Crippen LogP contribution is -2.39. The van der Waals surface area contributed by atoms with Crippen LogP contribution in [0.25, 0.3) is 21.5 Å². The van der Waals surface area contributed by atoms with E-state index in [0.29, 0.717) is 5.96 Å². The van der Waals surface area contributed by atoms with Crippen molar-refractivity contribution in [2.24, 2.45) is 0 Å². The van der Waals surface area contributed by atoms with Gasteiger partial charge in [0, 0.05) is 23.5 Å².